The summed E-state index contributed by atoms with van der Waals surface area (Å²) < 4.78 is 27.1. The zero-order chi connectivity index (χ0) is 13.4. The number of hydrogen-bond acceptors (Lipinski definition) is 4. The van der Waals surface area contributed by atoms with Gasteiger partial charge in [-0.15, -0.1) is 0 Å². The Labute approximate surface area is 113 Å². The minimum absolute atomic E-state index is 0.146. The van der Waals surface area contributed by atoms with Gasteiger partial charge in [-0.25, -0.2) is 13.8 Å². The lowest BCUT2D eigenvalue weighted by atomic mass is 10.3. The topological polar surface area (TPSA) is 42.1 Å². The van der Waals surface area contributed by atoms with Crippen LogP contribution < -0.4 is 10.6 Å². The van der Waals surface area contributed by atoms with Crippen molar-refractivity contribution in [3.05, 3.63) is 40.1 Å². The van der Waals surface area contributed by atoms with E-state index in [0.29, 0.717) is 6.54 Å². The second kappa shape index (κ2) is 4.77. The first-order valence-corrected chi connectivity index (χ1v) is 6.98. The maximum absolute atomic E-state index is 13.9. The molecular formula is C13H13F2N3S. The lowest BCUT2D eigenvalue weighted by Crippen LogP contribution is -2.27. The first-order valence-electron chi connectivity index (χ1n) is 6.04. The first kappa shape index (κ1) is 12.3. The van der Waals surface area contributed by atoms with Crippen LogP contribution >= 0.6 is 11.3 Å². The van der Waals surface area contributed by atoms with Crippen LogP contribution in [0, 0.1) is 11.6 Å². The predicted molar refractivity (Wildman–Crippen MR) is 72.1 cm³/mol. The van der Waals surface area contributed by atoms with Gasteiger partial charge in [-0.3, -0.25) is 0 Å². The van der Waals surface area contributed by atoms with Gasteiger partial charge < -0.3 is 10.6 Å². The van der Waals surface area contributed by atoms with Crippen LogP contribution in [-0.2, 0) is 6.54 Å². The van der Waals surface area contributed by atoms with Crippen LogP contribution in [0.1, 0.15) is 18.4 Å². The Bertz CT molecular complexity index is 582. The Balaban J connectivity index is 1.94. The maximum Gasteiger partial charge on any atom is 0.168 e. The van der Waals surface area contributed by atoms with Crippen molar-refractivity contribution in [3.63, 3.8) is 0 Å². The molecule has 0 radical (unpaired) electrons. The summed E-state index contributed by atoms with van der Waals surface area (Å²) in [5.41, 5.74) is 6.54. The van der Waals surface area contributed by atoms with E-state index in [1.165, 1.54) is 0 Å². The Hall–Kier alpha value is -1.69. The second-order valence-electron chi connectivity index (χ2n) is 4.65. The molecular weight excluding hydrogens is 268 g/mol. The van der Waals surface area contributed by atoms with Gasteiger partial charge in [0.05, 0.1) is 0 Å². The molecule has 0 unspecified atom stereocenters. The first-order chi connectivity index (χ1) is 9.15. The Kier molecular flexibility index (Phi) is 3.10. The largest absolute Gasteiger partial charge is 0.381 e. The van der Waals surface area contributed by atoms with Gasteiger partial charge in [0, 0.05) is 18.7 Å². The van der Waals surface area contributed by atoms with Crippen molar-refractivity contribution in [2.45, 2.75) is 25.4 Å². The van der Waals surface area contributed by atoms with Crippen molar-refractivity contribution in [1.82, 2.24) is 4.98 Å². The van der Waals surface area contributed by atoms with E-state index in [-0.39, 0.29) is 17.7 Å². The molecule has 0 aliphatic heterocycles. The number of aromatic nitrogens is 1. The highest BCUT2D eigenvalue weighted by molar-refractivity contribution is 7.07. The fraction of sp³-hybridized carbons (Fsp3) is 0.308. The average molecular weight is 281 g/mol. The highest BCUT2D eigenvalue weighted by Gasteiger charge is 2.32. The highest BCUT2D eigenvalue weighted by atomic mass is 32.1. The van der Waals surface area contributed by atoms with Gasteiger partial charge >= 0.3 is 0 Å². The highest BCUT2D eigenvalue weighted by Crippen LogP contribution is 2.34. The summed E-state index contributed by atoms with van der Waals surface area (Å²) in [4.78, 5) is 5.74. The van der Waals surface area contributed by atoms with E-state index < -0.39 is 11.6 Å². The van der Waals surface area contributed by atoms with E-state index >= 15 is 0 Å². The van der Waals surface area contributed by atoms with Gasteiger partial charge in [0.2, 0.25) is 0 Å². The van der Waals surface area contributed by atoms with E-state index in [0.717, 1.165) is 24.5 Å². The summed E-state index contributed by atoms with van der Waals surface area (Å²) in [6.45, 7) is 0.573. The number of nitrogens with two attached hydrogens (primary N) is 1. The number of rotatable bonds is 4. The SMILES string of the molecule is Nc1nc(N(Cc2ccsc2)C2CC2)c(F)cc1F. The molecule has 0 amide bonds. The molecule has 1 aliphatic rings. The summed E-state index contributed by atoms with van der Waals surface area (Å²) in [6.07, 6.45) is 2.01. The molecule has 3 rings (SSSR count). The third-order valence-electron chi connectivity index (χ3n) is 3.13. The van der Waals surface area contributed by atoms with Crippen molar-refractivity contribution in [3.8, 4) is 0 Å². The summed E-state index contributed by atoms with van der Waals surface area (Å²) in [6, 6.07) is 3.07. The van der Waals surface area contributed by atoms with Crippen LogP contribution in [0.15, 0.2) is 22.9 Å². The summed E-state index contributed by atoms with van der Waals surface area (Å²) >= 11 is 1.59. The van der Waals surface area contributed by atoms with Crippen molar-refractivity contribution < 1.29 is 8.78 Å². The summed E-state index contributed by atoms with van der Waals surface area (Å²) in [7, 11) is 0. The fourth-order valence-corrected chi connectivity index (χ4v) is 2.67. The van der Waals surface area contributed by atoms with Gasteiger partial charge in [0.25, 0.3) is 0 Å². The van der Waals surface area contributed by atoms with Crippen LogP contribution in [-0.4, -0.2) is 11.0 Å². The Morgan fingerprint density at radius 2 is 2.16 bits per heavy atom. The normalized spacial score (nSPS) is 14.6. The number of halogens is 2. The minimum atomic E-state index is -0.812. The number of anilines is 2. The van der Waals surface area contributed by atoms with Crippen molar-refractivity contribution in [1.29, 1.82) is 0 Å². The van der Waals surface area contributed by atoms with Crippen molar-refractivity contribution in [2.24, 2.45) is 0 Å². The van der Waals surface area contributed by atoms with Crippen molar-refractivity contribution in [2.75, 3.05) is 10.6 Å². The Morgan fingerprint density at radius 1 is 1.37 bits per heavy atom. The van der Waals surface area contributed by atoms with E-state index in [2.05, 4.69) is 4.98 Å². The molecule has 0 spiro atoms. The number of nitrogen functional groups attached to an aromatic ring is 1. The third-order valence-corrected chi connectivity index (χ3v) is 3.86. The molecule has 0 aromatic carbocycles. The zero-order valence-electron chi connectivity index (χ0n) is 10.1. The Morgan fingerprint density at radius 3 is 2.79 bits per heavy atom. The molecule has 19 heavy (non-hydrogen) atoms. The summed E-state index contributed by atoms with van der Waals surface area (Å²) in [5.74, 6) is -1.58. The summed E-state index contributed by atoms with van der Waals surface area (Å²) in [5, 5.41) is 3.99. The third kappa shape index (κ3) is 2.53. The monoisotopic (exact) mass is 281 g/mol. The van der Waals surface area contributed by atoms with Crippen LogP contribution in [0.5, 0.6) is 0 Å². The van der Waals surface area contributed by atoms with Gasteiger partial charge in [0.1, 0.15) is 0 Å². The molecule has 6 heteroatoms. The second-order valence-corrected chi connectivity index (χ2v) is 5.43. The smallest absolute Gasteiger partial charge is 0.168 e. The molecule has 2 heterocycles. The van der Waals surface area contributed by atoms with Gasteiger partial charge in [-0.2, -0.15) is 11.3 Å². The van der Waals surface area contributed by atoms with E-state index in [4.69, 9.17) is 5.73 Å². The van der Waals surface area contributed by atoms with Crippen LogP contribution in [0.4, 0.5) is 20.4 Å². The van der Waals surface area contributed by atoms with Gasteiger partial charge in [-0.05, 0) is 35.2 Å². The van der Waals surface area contributed by atoms with E-state index in [1.54, 1.807) is 11.3 Å². The molecule has 2 N–H and O–H groups in total. The standard InChI is InChI=1S/C13H13F2N3S/c14-10-5-11(15)13(17-12(10)16)18(9-1-2-9)6-8-3-4-19-7-8/h3-5,7,9H,1-2,6H2,(H2,16,17). The van der Waals surface area contributed by atoms with Crippen molar-refractivity contribution >= 4 is 23.0 Å². The number of nitrogens with zero attached hydrogens (tertiary/aromatic N) is 2. The van der Waals surface area contributed by atoms with Crippen LogP contribution in [0.25, 0.3) is 0 Å². The predicted octanol–water partition coefficient (Wildman–Crippen LogP) is 3.17. The molecule has 0 saturated heterocycles. The quantitative estimate of drug-likeness (QED) is 0.936. The van der Waals surface area contributed by atoms with Crippen LogP contribution in [0.3, 0.4) is 0 Å². The molecule has 2 aromatic rings. The van der Waals surface area contributed by atoms with Gasteiger partial charge in [0.15, 0.2) is 23.3 Å². The lowest BCUT2D eigenvalue weighted by Gasteiger charge is -2.23. The minimum Gasteiger partial charge on any atom is -0.381 e. The van der Waals surface area contributed by atoms with Crippen LogP contribution in [0.2, 0.25) is 0 Å². The molecule has 100 valence electrons. The fourth-order valence-electron chi connectivity index (χ4n) is 2.01. The van der Waals surface area contributed by atoms with Gasteiger partial charge in [-0.1, -0.05) is 0 Å². The number of thiophene rings is 1. The number of hydrogen-bond donors (Lipinski definition) is 1. The molecule has 0 bridgehead atoms. The molecule has 1 fully saturated rings. The molecule has 3 nitrogen and oxygen atoms in total. The lowest BCUT2D eigenvalue weighted by molar-refractivity contribution is 0.569. The number of pyridine rings is 1. The maximum atomic E-state index is 13.9. The average Bonchev–Trinajstić information content (AvgIpc) is 3.09. The molecule has 1 saturated carbocycles. The molecule has 0 atom stereocenters. The van der Waals surface area contributed by atoms with E-state index in [1.807, 2.05) is 21.7 Å². The van der Waals surface area contributed by atoms with E-state index in [9.17, 15) is 8.78 Å². The molecule has 2 aromatic heterocycles. The molecule has 1 aliphatic carbocycles. The zero-order valence-corrected chi connectivity index (χ0v) is 11.0.